The van der Waals surface area contributed by atoms with Crippen molar-refractivity contribution in [1.82, 2.24) is 10.6 Å². The summed E-state index contributed by atoms with van der Waals surface area (Å²) in [5, 5.41) is 6.31. The molecule has 1 saturated carbocycles. The fourth-order valence-corrected chi connectivity index (χ4v) is 2.49. The van der Waals surface area contributed by atoms with E-state index in [-0.39, 0.29) is 5.91 Å². The first-order chi connectivity index (χ1) is 9.60. The Morgan fingerprint density at radius 1 is 1.45 bits per heavy atom. The average Bonchev–Trinajstić information content (AvgIpc) is 3.20. The predicted octanol–water partition coefficient (Wildman–Crippen LogP) is 2.27. The molecular formula is C15H22BrN3O. The van der Waals surface area contributed by atoms with Gasteiger partial charge in [-0.15, -0.1) is 0 Å². The predicted molar refractivity (Wildman–Crippen MR) is 86.0 cm³/mol. The Morgan fingerprint density at radius 2 is 2.20 bits per heavy atom. The second-order valence-electron chi connectivity index (χ2n) is 5.25. The van der Waals surface area contributed by atoms with E-state index in [0.717, 1.165) is 36.1 Å². The highest BCUT2D eigenvalue weighted by atomic mass is 79.9. The first-order valence-electron chi connectivity index (χ1n) is 7.09. The zero-order valence-corrected chi connectivity index (χ0v) is 13.7. The number of carbonyl (C=O) groups is 1. The minimum atomic E-state index is 0.0999. The van der Waals surface area contributed by atoms with Crippen LogP contribution in [-0.2, 0) is 11.3 Å². The monoisotopic (exact) mass is 339 g/mol. The molecule has 0 unspecified atom stereocenters. The molecule has 0 aromatic heterocycles. The molecule has 0 saturated heterocycles. The maximum Gasteiger partial charge on any atom is 0.239 e. The zero-order chi connectivity index (χ0) is 14.5. The summed E-state index contributed by atoms with van der Waals surface area (Å²) in [7, 11) is 1.94. The number of amides is 1. The molecule has 0 bridgehead atoms. The van der Waals surface area contributed by atoms with E-state index >= 15 is 0 Å². The molecule has 5 heteroatoms. The van der Waals surface area contributed by atoms with Crippen molar-refractivity contribution in [2.24, 2.45) is 0 Å². The lowest BCUT2D eigenvalue weighted by Crippen LogP contribution is -2.36. The summed E-state index contributed by atoms with van der Waals surface area (Å²) in [6, 6.07) is 6.64. The molecule has 110 valence electrons. The minimum absolute atomic E-state index is 0.0999. The van der Waals surface area contributed by atoms with E-state index in [4.69, 9.17) is 0 Å². The van der Waals surface area contributed by atoms with Gasteiger partial charge in [-0.1, -0.05) is 28.9 Å². The number of hydrogen-bond donors (Lipinski definition) is 2. The molecular weight excluding hydrogens is 318 g/mol. The van der Waals surface area contributed by atoms with Gasteiger partial charge in [0.1, 0.15) is 0 Å². The molecule has 0 heterocycles. The first-order valence-corrected chi connectivity index (χ1v) is 7.89. The lowest BCUT2D eigenvalue weighted by molar-refractivity contribution is -0.119. The molecule has 1 aliphatic carbocycles. The minimum Gasteiger partial charge on any atom is -0.365 e. The summed E-state index contributed by atoms with van der Waals surface area (Å²) in [6.45, 7) is 4.29. The van der Waals surface area contributed by atoms with Crippen LogP contribution in [0.1, 0.15) is 25.3 Å². The van der Waals surface area contributed by atoms with E-state index in [1.807, 2.05) is 11.9 Å². The fourth-order valence-electron chi connectivity index (χ4n) is 1.98. The van der Waals surface area contributed by atoms with Crippen molar-refractivity contribution in [2.45, 2.75) is 32.4 Å². The Kier molecular flexibility index (Phi) is 5.43. The molecule has 1 aliphatic rings. The molecule has 4 nitrogen and oxygen atoms in total. The van der Waals surface area contributed by atoms with Crippen LogP contribution in [0.4, 0.5) is 5.69 Å². The molecule has 20 heavy (non-hydrogen) atoms. The van der Waals surface area contributed by atoms with Crippen molar-refractivity contribution in [3.05, 3.63) is 28.2 Å². The van der Waals surface area contributed by atoms with Crippen LogP contribution < -0.4 is 15.5 Å². The highest BCUT2D eigenvalue weighted by Crippen LogP contribution is 2.24. The maximum absolute atomic E-state index is 11.8. The van der Waals surface area contributed by atoms with Gasteiger partial charge in [0.15, 0.2) is 0 Å². The molecule has 2 rings (SSSR count). The van der Waals surface area contributed by atoms with Gasteiger partial charge in [-0.05, 0) is 37.1 Å². The van der Waals surface area contributed by atoms with Gasteiger partial charge >= 0.3 is 0 Å². The molecule has 1 aromatic carbocycles. The molecule has 0 aliphatic heterocycles. The van der Waals surface area contributed by atoms with Crippen molar-refractivity contribution in [3.8, 4) is 0 Å². The molecule has 1 fully saturated rings. The van der Waals surface area contributed by atoms with Crippen molar-refractivity contribution in [3.63, 3.8) is 0 Å². The number of rotatable bonds is 7. The van der Waals surface area contributed by atoms with Crippen LogP contribution in [0.3, 0.4) is 0 Å². The topological polar surface area (TPSA) is 44.4 Å². The number of nitrogens with zero attached hydrogens (tertiary/aromatic N) is 1. The van der Waals surface area contributed by atoms with E-state index in [9.17, 15) is 4.79 Å². The van der Waals surface area contributed by atoms with Crippen molar-refractivity contribution >= 4 is 27.5 Å². The van der Waals surface area contributed by atoms with Gasteiger partial charge in [0.05, 0.1) is 6.54 Å². The van der Waals surface area contributed by atoms with Crippen molar-refractivity contribution in [2.75, 3.05) is 25.0 Å². The summed E-state index contributed by atoms with van der Waals surface area (Å²) >= 11 is 3.59. The molecule has 2 N–H and O–H groups in total. The van der Waals surface area contributed by atoms with E-state index < -0.39 is 0 Å². The maximum atomic E-state index is 11.8. The quantitative estimate of drug-likeness (QED) is 0.800. The largest absolute Gasteiger partial charge is 0.365 e. The summed E-state index contributed by atoms with van der Waals surface area (Å²) < 4.78 is 1.07. The van der Waals surface area contributed by atoms with Gasteiger partial charge in [0, 0.05) is 29.8 Å². The molecule has 0 radical (unpaired) electrons. The van der Waals surface area contributed by atoms with Gasteiger partial charge in [0.25, 0.3) is 0 Å². The first kappa shape index (κ1) is 15.3. The van der Waals surface area contributed by atoms with Crippen LogP contribution in [0.2, 0.25) is 0 Å². The second-order valence-corrected chi connectivity index (χ2v) is 6.11. The normalized spacial score (nSPS) is 14.2. The third kappa shape index (κ3) is 4.49. The van der Waals surface area contributed by atoms with Gasteiger partial charge in [-0.3, -0.25) is 4.79 Å². The summed E-state index contributed by atoms with van der Waals surface area (Å²) in [4.78, 5) is 13.8. The summed E-state index contributed by atoms with van der Waals surface area (Å²) in [5.74, 6) is 0.0999. The highest BCUT2D eigenvalue weighted by molar-refractivity contribution is 9.10. The summed E-state index contributed by atoms with van der Waals surface area (Å²) in [6.07, 6.45) is 2.25. The van der Waals surface area contributed by atoms with Crippen LogP contribution in [0, 0.1) is 0 Å². The fraction of sp³-hybridized carbons (Fsp3) is 0.533. The lowest BCUT2D eigenvalue weighted by atomic mass is 10.2. The number of nitrogens with one attached hydrogen (secondary N) is 2. The summed E-state index contributed by atoms with van der Waals surface area (Å²) in [5.41, 5.74) is 2.27. The van der Waals surface area contributed by atoms with Crippen LogP contribution >= 0.6 is 15.9 Å². The van der Waals surface area contributed by atoms with Crippen LogP contribution in [0.5, 0.6) is 0 Å². The molecule has 0 atom stereocenters. The van der Waals surface area contributed by atoms with E-state index in [2.05, 4.69) is 51.7 Å². The third-order valence-electron chi connectivity index (χ3n) is 3.37. The number of benzene rings is 1. The second kappa shape index (κ2) is 7.09. The molecule has 1 amide bonds. The lowest BCUT2D eigenvalue weighted by Gasteiger charge is -2.20. The van der Waals surface area contributed by atoms with Crippen molar-refractivity contribution < 1.29 is 4.79 Å². The number of anilines is 1. The van der Waals surface area contributed by atoms with Crippen LogP contribution in [-0.4, -0.2) is 32.1 Å². The van der Waals surface area contributed by atoms with Gasteiger partial charge < -0.3 is 15.5 Å². The SMILES string of the molecule is CCNCc1ccc(N(C)CC(=O)NC2CC2)cc1Br. The smallest absolute Gasteiger partial charge is 0.239 e. The van der Waals surface area contributed by atoms with Crippen molar-refractivity contribution in [1.29, 1.82) is 0 Å². The van der Waals surface area contributed by atoms with Gasteiger partial charge in [0.2, 0.25) is 5.91 Å². The third-order valence-corrected chi connectivity index (χ3v) is 4.10. The molecule has 0 spiro atoms. The van der Waals surface area contributed by atoms with Gasteiger partial charge in [-0.2, -0.15) is 0 Å². The Balaban J connectivity index is 1.93. The van der Waals surface area contributed by atoms with Crippen LogP contribution in [0.15, 0.2) is 22.7 Å². The zero-order valence-electron chi connectivity index (χ0n) is 12.1. The number of likely N-dealkylation sites (N-methyl/N-ethyl adjacent to an activating group) is 1. The van der Waals surface area contributed by atoms with Crippen LogP contribution in [0.25, 0.3) is 0 Å². The number of hydrogen-bond acceptors (Lipinski definition) is 3. The number of carbonyl (C=O) groups excluding carboxylic acids is 1. The highest BCUT2D eigenvalue weighted by Gasteiger charge is 2.23. The van der Waals surface area contributed by atoms with E-state index in [1.165, 1.54) is 5.56 Å². The van der Waals surface area contributed by atoms with E-state index in [1.54, 1.807) is 0 Å². The van der Waals surface area contributed by atoms with Gasteiger partial charge in [-0.25, -0.2) is 0 Å². The Hall–Kier alpha value is -1.07. The molecule has 1 aromatic rings. The Bertz CT molecular complexity index is 474. The average molecular weight is 340 g/mol. The standard InChI is InChI=1S/C15H22BrN3O/c1-3-17-9-11-4-7-13(8-14(11)16)19(2)10-15(20)18-12-5-6-12/h4,7-8,12,17H,3,5-6,9-10H2,1-2H3,(H,18,20). The number of halogens is 1. The Morgan fingerprint density at radius 3 is 2.80 bits per heavy atom. The van der Waals surface area contributed by atoms with E-state index in [0.29, 0.717) is 12.6 Å². The Labute approximate surface area is 129 Å².